The number of hydrogen-bond acceptors (Lipinski definition) is 5. The van der Waals surface area contributed by atoms with Gasteiger partial charge in [0.05, 0.1) is 6.61 Å². The van der Waals surface area contributed by atoms with E-state index in [1.807, 2.05) is 11.8 Å². The van der Waals surface area contributed by atoms with E-state index < -0.39 is 11.8 Å². The van der Waals surface area contributed by atoms with E-state index in [0.29, 0.717) is 23.5 Å². The van der Waals surface area contributed by atoms with Gasteiger partial charge in [0.25, 0.3) is 5.79 Å². The first-order chi connectivity index (χ1) is 13.4. The van der Waals surface area contributed by atoms with Crippen LogP contribution in [0.15, 0.2) is 12.2 Å². The second-order valence-corrected chi connectivity index (χ2v) is 9.39. The van der Waals surface area contributed by atoms with Crippen LogP contribution in [0.1, 0.15) is 84.0 Å². The monoisotopic (exact) mass is 416 g/mol. The van der Waals surface area contributed by atoms with E-state index in [2.05, 4.69) is 19.1 Å². The van der Waals surface area contributed by atoms with Crippen LogP contribution in [-0.2, 0) is 4.79 Å². The van der Waals surface area contributed by atoms with Crippen molar-refractivity contribution in [2.75, 3.05) is 12.4 Å². The maximum Gasteiger partial charge on any atom is 0.364 e. The average Bonchev–Trinajstić information content (AvgIpc) is 3.04. The molecule has 0 unspecified atom stereocenters. The topological polar surface area (TPSA) is 98.0 Å². The molecule has 0 aromatic carbocycles. The molecule has 1 rings (SSSR count). The van der Waals surface area contributed by atoms with E-state index in [1.54, 1.807) is 0 Å². The Morgan fingerprint density at radius 3 is 2.54 bits per heavy atom. The van der Waals surface area contributed by atoms with Gasteiger partial charge < -0.3 is 20.4 Å². The largest absolute Gasteiger partial charge is 0.477 e. The van der Waals surface area contributed by atoms with Crippen LogP contribution in [0.5, 0.6) is 0 Å². The van der Waals surface area contributed by atoms with Crippen molar-refractivity contribution in [1.29, 1.82) is 0 Å². The molecule has 164 valence electrons. The van der Waals surface area contributed by atoms with Gasteiger partial charge in [-0.05, 0) is 50.4 Å². The SMILES string of the molecule is CCCCCCC=C[C@@H]1[C@@H](CCCCCC(O)(O)C(=O)O)CC[C@H]1SCCO. The molecule has 0 aliphatic heterocycles. The van der Waals surface area contributed by atoms with Crippen LogP contribution in [0.3, 0.4) is 0 Å². The highest BCUT2D eigenvalue weighted by molar-refractivity contribution is 7.99. The zero-order chi connectivity index (χ0) is 20.8. The van der Waals surface area contributed by atoms with Gasteiger partial charge in [0.15, 0.2) is 0 Å². The standard InChI is InChI=1S/C22H40O5S/c1-2-3-4-5-6-9-12-19-18(13-14-20(19)28-17-16-23)11-8-7-10-15-22(26,27)21(24)25/h9,12,18-20,23,26-27H,2-8,10-11,13-17H2,1H3,(H,24,25)/t18-,19+,20+/m0/s1. The maximum atomic E-state index is 10.7. The Balaban J connectivity index is 2.41. The summed E-state index contributed by atoms with van der Waals surface area (Å²) in [5, 5.41) is 37.2. The molecule has 0 aromatic rings. The molecule has 0 radical (unpaired) electrons. The van der Waals surface area contributed by atoms with Crippen molar-refractivity contribution < 1.29 is 25.2 Å². The van der Waals surface area contributed by atoms with Crippen molar-refractivity contribution in [2.45, 2.75) is 95.0 Å². The highest BCUT2D eigenvalue weighted by Gasteiger charge is 2.34. The Hall–Kier alpha value is -0.560. The Bertz CT molecular complexity index is 452. The lowest BCUT2D eigenvalue weighted by Gasteiger charge is -2.22. The quantitative estimate of drug-likeness (QED) is 0.170. The van der Waals surface area contributed by atoms with Gasteiger partial charge in [0.2, 0.25) is 0 Å². The van der Waals surface area contributed by atoms with Crippen molar-refractivity contribution in [3.63, 3.8) is 0 Å². The molecule has 0 heterocycles. The number of thioether (sulfide) groups is 1. The third kappa shape index (κ3) is 9.77. The Morgan fingerprint density at radius 2 is 1.86 bits per heavy atom. The lowest BCUT2D eigenvalue weighted by molar-refractivity contribution is -0.205. The highest BCUT2D eigenvalue weighted by Crippen LogP contribution is 2.42. The molecular formula is C22H40O5S. The minimum atomic E-state index is -2.59. The lowest BCUT2D eigenvalue weighted by atomic mass is 9.89. The number of carboxylic acids is 1. The van der Waals surface area contributed by atoms with E-state index in [0.717, 1.165) is 31.4 Å². The predicted octanol–water partition coefficient (Wildman–Crippen LogP) is 4.35. The van der Waals surface area contributed by atoms with Crippen molar-refractivity contribution in [2.24, 2.45) is 11.8 Å². The Morgan fingerprint density at radius 1 is 1.11 bits per heavy atom. The predicted molar refractivity (Wildman–Crippen MR) is 115 cm³/mol. The summed E-state index contributed by atoms with van der Waals surface area (Å²) in [6.45, 7) is 2.46. The van der Waals surface area contributed by atoms with Gasteiger partial charge in [-0.15, -0.1) is 0 Å². The third-order valence-corrected chi connectivity index (χ3v) is 7.14. The summed E-state index contributed by atoms with van der Waals surface area (Å²) >= 11 is 1.89. The molecule has 5 nitrogen and oxygen atoms in total. The average molecular weight is 417 g/mol. The van der Waals surface area contributed by atoms with Crippen molar-refractivity contribution in [3.8, 4) is 0 Å². The zero-order valence-electron chi connectivity index (χ0n) is 17.4. The number of carboxylic acid groups (broad SMARTS) is 1. The highest BCUT2D eigenvalue weighted by atomic mass is 32.2. The molecule has 3 atom stereocenters. The smallest absolute Gasteiger partial charge is 0.364 e. The Labute approximate surface area is 174 Å². The van der Waals surface area contributed by atoms with Crippen LogP contribution in [0.2, 0.25) is 0 Å². The maximum absolute atomic E-state index is 10.7. The lowest BCUT2D eigenvalue weighted by Crippen LogP contribution is -2.37. The van der Waals surface area contributed by atoms with Crippen LogP contribution >= 0.6 is 11.8 Å². The van der Waals surface area contributed by atoms with Gasteiger partial charge in [-0.25, -0.2) is 4.79 Å². The molecule has 0 saturated heterocycles. The Kier molecular flexibility index (Phi) is 13.1. The summed E-state index contributed by atoms with van der Waals surface area (Å²) in [5.41, 5.74) is 0. The molecule has 0 bridgehead atoms. The van der Waals surface area contributed by atoms with E-state index >= 15 is 0 Å². The van der Waals surface area contributed by atoms with Crippen LogP contribution < -0.4 is 0 Å². The number of carbonyl (C=O) groups is 1. The fourth-order valence-corrected chi connectivity index (χ4v) is 5.33. The molecule has 6 heteroatoms. The number of aliphatic hydroxyl groups is 3. The van der Waals surface area contributed by atoms with E-state index in [9.17, 15) is 15.0 Å². The number of aliphatic carboxylic acids is 1. The van der Waals surface area contributed by atoms with Crippen LogP contribution in [-0.4, -0.2) is 49.8 Å². The van der Waals surface area contributed by atoms with Crippen molar-refractivity contribution >= 4 is 17.7 Å². The van der Waals surface area contributed by atoms with E-state index in [-0.39, 0.29) is 13.0 Å². The van der Waals surface area contributed by atoms with Gasteiger partial charge in [0.1, 0.15) is 0 Å². The van der Waals surface area contributed by atoms with Gasteiger partial charge in [0, 0.05) is 17.4 Å². The van der Waals surface area contributed by atoms with Crippen molar-refractivity contribution in [1.82, 2.24) is 0 Å². The van der Waals surface area contributed by atoms with E-state index in [4.69, 9.17) is 10.2 Å². The van der Waals surface area contributed by atoms with Gasteiger partial charge >= 0.3 is 5.97 Å². The first-order valence-corrected chi connectivity index (χ1v) is 12.0. The zero-order valence-corrected chi connectivity index (χ0v) is 18.2. The van der Waals surface area contributed by atoms with Gasteiger partial charge in [-0.1, -0.05) is 51.2 Å². The molecule has 28 heavy (non-hydrogen) atoms. The summed E-state index contributed by atoms with van der Waals surface area (Å²) < 4.78 is 0. The van der Waals surface area contributed by atoms with Gasteiger partial charge in [-0.2, -0.15) is 11.8 Å². The first-order valence-electron chi connectivity index (χ1n) is 11.0. The second-order valence-electron chi connectivity index (χ2n) is 8.05. The normalized spacial score (nSPS) is 22.9. The van der Waals surface area contributed by atoms with Crippen LogP contribution in [0.4, 0.5) is 0 Å². The molecule has 1 saturated carbocycles. The third-order valence-electron chi connectivity index (χ3n) is 5.74. The molecule has 0 aromatic heterocycles. The van der Waals surface area contributed by atoms with E-state index in [1.165, 1.54) is 38.5 Å². The molecule has 4 N–H and O–H groups in total. The summed E-state index contributed by atoms with van der Waals surface area (Å²) in [5.74, 6) is -2.19. The first kappa shape index (κ1) is 25.5. The molecule has 1 aliphatic carbocycles. The fourth-order valence-electron chi connectivity index (χ4n) is 4.09. The molecule has 0 amide bonds. The minimum absolute atomic E-state index is 0.122. The number of allylic oxidation sites excluding steroid dienone is 2. The molecular weight excluding hydrogens is 376 g/mol. The molecule has 0 spiro atoms. The second kappa shape index (κ2) is 14.4. The molecule has 1 fully saturated rings. The summed E-state index contributed by atoms with van der Waals surface area (Å²) in [6, 6.07) is 0. The number of aliphatic hydroxyl groups excluding tert-OH is 1. The number of rotatable bonds is 16. The number of unbranched alkanes of at least 4 members (excludes halogenated alkanes) is 6. The van der Waals surface area contributed by atoms with Gasteiger partial charge in [-0.3, -0.25) is 0 Å². The summed E-state index contributed by atoms with van der Waals surface area (Å²) in [4.78, 5) is 10.7. The fraction of sp³-hybridized carbons (Fsp3) is 0.864. The number of hydrogen-bond donors (Lipinski definition) is 4. The minimum Gasteiger partial charge on any atom is -0.477 e. The van der Waals surface area contributed by atoms with Crippen molar-refractivity contribution in [3.05, 3.63) is 12.2 Å². The van der Waals surface area contributed by atoms with Crippen LogP contribution in [0.25, 0.3) is 0 Å². The summed E-state index contributed by atoms with van der Waals surface area (Å²) in [6.07, 6.45) is 16.7. The van der Waals surface area contributed by atoms with Crippen LogP contribution in [0, 0.1) is 11.8 Å². The summed E-state index contributed by atoms with van der Waals surface area (Å²) in [7, 11) is 0. The molecule has 1 aliphatic rings.